The fraction of sp³-hybridized carbons (Fsp3) is 0.174. The van der Waals surface area contributed by atoms with Gasteiger partial charge in [0.25, 0.3) is 15.7 Å². The van der Waals surface area contributed by atoms with Crippen molar-refractivity contribution in [2.75, 3.05) is 23.1 Å². The van der Waals surface area contributed by atoms with Crippen molar-refractivity contribution < 1.29 is 18.1 Å². The van der Waals surface area contributed by atoms with Crippen LogP contribution in [-0.4, -0.2) is 38.1 Å². The maximum absolute atomic E-state index is 13.3. The quantitative estimate of drug-likeness (QED) is 0.251. The first kappa shape index (κ1) is 24.3. The minimum absolute atomic E-state index is 0.0114. The Morgan fingerprint density at radius 1 is 0.970 bits per heavy atom. The van der Waals surface area contributed by atoms with E-state index in [4.69, 9.17) is 0 Å². The van der Waals surface area contributed by atoms with Gasteiger partial charge in [0.05, 0.1) is 15.5 Å². The van der Waals surface area contributed by atoms with E-state index in [1.165, 1.54) is 35.9 Å². The molecule has 1 amide bonds. The molecule has 0 atom stereocenters. The number of amides is 1. The molecule has 0 aliphatic carbocycles. The van der Waals surface area contributed by atoms with Crippen molar-refractivity contribution in [1.29, 1.82) is 0 Å². The summed E-state index contributed by atoms with van der Waals surface area (Å²) in [6.07, 6.45) is 0. The molecule has 33 heavy (non-hydrogen) atoms. The number of nitrogens with zero attached hydrogens (tertiary/aromatic N) is 2. The number of benzene rings is 3. The van der Waals surface area contributed by atoms with Gasteiger partial charge in [0.1, 0.15) is 6.54 Å². The summed E-state index contributed by atoms with van der Waals surface area (Å²) in [5.74, 6) is 0.961. The lowest BCUT2D eigenvalue weighted by Gasteiger charge is -2.24. The van der Waals surface area contributed by atoms with Crippen LogP contribution in [0, 0.1) is 10.1 Å². The summed E-state index contributed by atoms with van der Waals surface area (Å²) in [5, 5.41) is 13.9. The molecule has 172 valence electrons. The van der Waals surface area contributed by atoms with Crippen molar-refractivity contribution in [3.63, 3.8) is 0 Å². The van der Waals surface area contributed by atoms with Crippen LogP contribution in [-0.2, 0) is 20.6 Å². The molecular weight excluding hydrogens is 462 g/mol. The molecule has 0 unspecified atom stereocenters. The summed E-state index contributed by atoms with van der Waals surface area (Å²) >= 11 is 1.65. The zero-order valence-corrected chi connectivity index (χ0v) is 19.3. The topological polar surface area (TPSA) is 110 Å². The minimum Gasteiger partial charge on any atom is -0.354 e. The summed E-state index contributed by atoms with van der Waals surface area (Å²) in [6, 6.07) is 22.8. The molecular formula is C23H23N3O5S2. The summed E-state index contributed by atoms with van der Waals surface area (Å²) < 4.78 is 27.4. The van der Waals surface area contributed by atoms with Crippen LogP contribution in [0.15, 0.2) is 89.8 Å². The number of non-ortho nitro benzene ring substituents is 1. The SMILES string of the molecule is O=C(CN(c1cccc([N+](=O)[O-])c1)S(=O)(=O)c1ccccc1)NCCSCc1ccccc1. The van der Waals surface area contributed by atoms with E-state index in [1.807, 2.05) is 30.3 Å². The van der Waals surface area contributed by atoms with Crippen LogP contribution in [0.5, 0.6) is 0 Å². The van der Waals surface area contributed by atoms with Crippen LogP contribution in [0.25, 0.3) is 0 Å². The zero-order chi connectivity index (χ0) is 23.7. The number of rotatable bonds is 11. The Bertz CT molecular complexity index is 1190. The minimum atomic E-state index is -4.12. The van der Waals surface area contributed by atoms with E-state index in [-0.39, 0.29) is 16.3 Å². The average Bonchev–Trinajstić information content (AvgIpc) is 2.83. The van der Waals surface area contributed by atoms with Gasteiger partial charge in [-0.25, -0.2) is 8.42 Å². The van der Waals surface area contributed by atoms with Crippen molar-refractivity contribution >= 4 is 39.1 Å². The molecule has 0 heterocycles. The lowest BCUT2D eigenvalue weighted by molar-refractivity contribution is -0.384. The van der Waals surface area contributed by atoms with E-state index in [0.29, 0.717) is 12.3 Å². The second-order valence-corrected chi connectivity index (χ2v) is 9.96. The number of carbonyl (C=O) groups excluding carboxylic acids is 1. The fourth-order valence-electron chi connectivity index (χ4n) is 3.01. The second-order valence-electron chi connectivity index (χ2n) is 6.99. The Hall–Kier alpha value is -3.37. The van der Waals surface area contributed by atoms with Gasteiger partial charge in [0.15, 0.2) is 0 Å². The molecule has 0 aliphatic rings. The van der Waals surface area contributed by atoms with Crippen LogP contribution in [0.3, 0.4) is 0 Å². The number of anilines is 1. The molecule has 1 N–H and O–H groups in total. The zero-order valence-electron chi connectivity index (χ0n) is 17.7. The van der Waals surface area contributed by atoms with Crippen molar-refractivity contribution in [3.8, 4) is 0 Å². The standard InChI is InChI=1S/C23H23N3O5S2/c27-23(24-14-15-32-18-19-8-3-1-4-9-19)17-25(20-10-7-11-21(16-20)26(28)29)33(30,31)22-12-5-2-6-13-22/h1-13,16H,14-15,17-18H2,(H,24,27). The first-order valence-corrected chi connectivity index (χ1v) is 12.7. The van der Waals surface area contributed by atoms with Crippen molar-refractivity contribution in [3.05, 3.63) is 101 Å². The maximum atomic E-state index is 13.3. The number of sulfonamides is 1. The summed E-state index contributed by atoms with van der Waals surface area (Å²) in [7, 11) is -4.12. The lowest BCUT2D eigenvalue weighted by Crippen LogP contribution is -2.41. The number of thioether (sulfide) groups is 1. The average molecular weight is 486 g/mol. The summed E-state index contributed by atoms with van der Waals surface area (Å²) in [4.78, 5) is 23.2. The normalized spacial score (nSPS) is 11.0. The molecule has 3 aromatic rings. The third kappa shape index (κ3) is 6.80. The number of hydrogen-bond donors (Lipinski definition) is 1. The summed E-state index contributed by atoms with van der Waals surface area (Å²) in [6.45, 7) is -0.133. The molecule has 3 aromatic carbocycles. The Balaban J connectivity index is 1.70. The molecule has 0 bridgehead atoms. The monoisotopic (exact) mass is 485 g/mol. The first-order chi connectivity index (χ1) is 15.9. The molecule has 0 radical (unpaired) electrons. The molecule has 0 fully saturated rings. The van der Waals surface area contributed by atoms with Gasteiger partial charge in [-0.15, -0.1) is 0 Å². The first-order valence-electron chi connectivity index (χ1n) is 10.1. The van der Waals surface area contributed by atoms with Crippen molar-refractivity contribution in [2.24, 2.45) is 0 Å². The predicted molar refractivity (Wildman–Crippen MR) is 130 cm³/mol. The van der Waals surface area contributed by atoms with Gasteiger partial charge in [0.2, 0.25) is 5.91 Å². The van der Waals surface area contributed by atoms with Crippen LogP contribution in [0.1, 0.15) is 5.56 Å². The van der Waals surface area contributed by atoms with E-state index in [9.17, 15) is 23.3 Å². The predicted octanol–water partition coefficient (Wildman–Crippen LogP) is 3.84. The van der Waals surface area contributed by atoms with Crippen LogP contribution < -0.4 is 9.62 Å². The Kier molecular flexibility index (Phi) is 8.45. The number of hydrogen-bond acceptors (Lipinski definition) is 6. The molecule has 10 heteroatoms. The second kappa shape index (κ2) is 11.5. The van der Waals surface area contributed by atoms with E-state index in [2.05, 4.69) is 5.32 Å². The molecule has 3 rings (SSSR count). The third-order valence-corrected chi connectivity index (χ3v) is 7.45. The van der Waals surface area contributed by atoms with Gasteiger partial charge in [-0.3, -0.25) is 19.2 Å². The highest BCUT2D eigenvalue weighted by Gasteiger charge is 2.28. The van der Waals surface area contributed by atoms with Gasteiger partial charge < -0.3 is 5.32 Å². The van der Waals surface area contributed by atoms with E-state index in [0.717, 1.165) is 16.1 Å². The number of nitro benzene ring substituents is 1. The van der Waals surface area contributed by atoms with Gasteiger partial charge in [0, 0.05) is 30.2 Å². The van der Waals surface area contributed by atoms with Gasteiger partial charge in [-0.1, -0.05) is 54.6 Å². The molecule has 0 saturated heterocycles. The molecule has 0 aromatic heterocycles. The van der Waals surface area contributed by atoms with Crippen LogP contribution in [0.2, 0.25) is 0 Å². The van der Waals surface area contributed by atoms with E-state index >= 15 is 0 Å². The highest BCUT2D eigenvalue weighted by Crippen LogP contribution is 2.26. The van der Waals surface area contributed by atoms with Gasteiger partial charge >= 0.3 is 0 Å². The van der Waals surface area contributed by atoms with E-state index in [1.54, 1.807) is 30.0 Å². The van der Waals surface area contributed by atoms with Crippen LogP contribution >= 0.6 is 11.8 Å². The number of nitrogens with one attached hydrogen (secondary N) is 1. The molecule has 0 saturated carbocycles. The largest absolute Gasteiger partial charge is 0.354 e. The Morgan fingerprint density at radius 2 is 1.64 bits per heavy atom. The van der Waals surface area contributed by atoms with Crippen molar-refractivity contribution in [2.45, 2.75) is 10.6 Å². The fourth-order valence-corrected chi connectivity index (χ4v) is 5.26. The maximum Gasteiger partial charge on any atom is 0.271 e. The smallest absolute Gasteiger partial charge is 0.271 e. The van der Waals surface area contributed by atoms with Crippen molar-refractivity contribution in [1.82, 2.24) is 5.32 Å². The van der Waals surface area contributed by atoms with Crippen LogP contribution in [0.4, 0.5) is 11.4 Å². The molecule has 0 aliphatic heterocycles. The van der Waals surface area contributed by atoms with Gasteiger partial charge in [-0.2, -0.15) is 11.8 Å². The number of carbonyl (C=O) groups is 1. The third-order valence-electron chi connectivity index (χ3n) is 4.63. The molecule has 8 nitrogen and oxygen atoms in total. The lowest BCUT2D eigenvalue weighted by atomic mass is 10.2. The highest BCUT2D eigenvalue weighted by molar-refractivity contribution is 7.98. The van der Waals surface area contributed by atoms with E-state index < -0.39 is 27.4 Å². The highest BCUT2D eigenvalue weighted by atomic mass is 32.2. The summed E-state index contributed by atoms with van der Waals surface area (Å²) in [5.41, 5.74) is 0.958. The van der Waals surface area contributed by atoms with Gasteiger partial charge in [-0.05, 0) is 23.8 Å². The molecule has 0 spiro atoms. The Labute approximate surface area is 196 Å². The number of nitro groups is 1. The Morgan fingerprint density at radius 3 is 2.30 bits per heavy atom.